The average Bonchev–Trinajstić information content (AvgIpc) is 2.28. The zero-order valence-electron chi connectivity index (χ0n) is 9.48. The lowest BCUT2D eigenvalue weighted by Gasteiger charge is -2.15. The van der Waals surface area contributed by atoms with Crippen molar-refractivity contribution in [3.63, 3.8) is 0 Å². The Morgan fingerprint density at radius 1 is 1.38 bits per heavy atom. The summed E-state index contributed by atoms with van der Waals surface area (Å²) in [4.78, 5) is 10.7. The minimum Gasteiger partial charge on any atom is -0.497 e. The van der Waals surface area contributed by atoms with E-state index in [9.17, 15) is 4.79 Å². The third kappa shape index (κ3) is 2.79. The van der Waals surface area contributed by atoms with Gasteiger partial charge in [0.1, 0.15) is 17.5 Å². The molecule has 0 aliphatic heterocycles. The Hall–Kier alpha value is -1.91. The quantitative estimate of drug-likeness (QED) is 0.796. The molecule has 0 fully saturated rings. The summed E-state index contributed by atoms with van der Waals surface area (Å²) in [6, 6.07) is 4.46. The van der Waals surface area contributed by atoms with Crippen LogP contribution < -0.4 is 14.8 Å². The molecule has 0 aromatic heterocycles. The van der Waals surface area contributed by atoms with Crippen molar-refractivity contribution in [3.05, 3.63) is 18.2 Å². The zero-order chi connectivity index (χ0) is 12.1. The molecule has 0 unspecified atom stereocenters. The molecule has 1 atom stereocenters. The van der Waals surface area contributed by atoms with Gasteiger partial charge >= 0.3 is 5.97 Å². The summed E-state index contributed by atoms with van der Waals surface area (Å²) in [7, 11) is 3.07. The Morgan fingerprint density at radius 3 is 2.56 bits per heavy atom. The highest BCUT2D eigenvalue weighted by molar-refractivity contribution is 5.78. The molecule has 0 radical (unpaired) electrons. The standard InChI is InChI=1S/C11H15NO4/c1-7(11(13)14)12-9-6-8(15-2)4-5-10(9)16-3/h4-7,12H,1-3H3,(H,13,14)/t7-/m0/s1. The SMILES string of the molecule is COc1ccc(OC)c(N[C@@H](C)C(=O)O)c1. The number of anilines is 1. The first-order valence-electron chi connectivity index (χ1n) is 4.80. The van der Waals surface area contributed by atoms with Crippen LogP contribution in [0.3, 0.4) is 0 Å². The van der Waals surface area contributed by atoms with E-state index >= 15 is 0 Å². The lowest BCUT2D eigenvalue weighted by Crippen LogP contribution is -2.25. The van der Waals surface area contributed by atoms with Crippen molar-refractivity contribution in [3.8, 4) is 11.5 Å². The second kappa shape index (κ2) is 5.25. The number of hydrogen-bond donors (Lipinski definition) is 2. The number of carboxylic acids is 1. The maximum atomic E-state index is 10.7. The van der Waals surface area contributed by atoms with Crippen molar-refractivity contribution >= 4 is 11.7 Å². The molecule has 0 heterocycles. The summed E-state index contributed by atoms with van der Waals surface area (Å²) in [5, 5.41) is 11.6. The molecule has 1 rings (SSSR count). The Labute approximate surface area is 94.0 Å². The molecule has 0 saturated heterocycles. The minimum absolute atomic E-state index is 0.578. The number of aliphatic carboxylic acids is 1. The molecule has 0 aliphatic carbocycles. The van der Waals surface area contributed by atoms with Crippen LogP contribution in [0.5, 0.6) is 11.5 Å². The van der Waals surface area contributed by atoms with E-state index in [0.29, 0.717) is 17.2 Å². The van der Waals surface area contributed by atoms with E-state index in [1.54, 1.807) is 32.2 Å². The molecule has 2 N–H and O–H groups in total. The highest BCUT2D eigenvalue weighted by Gasteiger charge is 2.13. The normalized spacial score (nSPS) is 11.7. The van der Waals surface area contributed by atoms with Gasteiger partial charge < -0.3 is 19.9 Å². The second-order valence-electron chi connectivity index (χ2n) is 3.27. The van der Waals surface area contributed by atoms with Gasteiger partial charge in [-0.2, -0.15) is 0 Å². The van der Waals surface area contributed by atoms with Crippen LogP contribution in [-0.4, -0.2) is 31.3 Å². The van der Waals surface area contributed by atoms with Crippen LogP contribution in [0.4, 0.5) is 5.69 Å². The van der Waals surface area contributed by atoms with E-state index in [1.165, 1.54) is 7.11 Å². The van der Waals surface area contributed by atoms with E-state index in [1.807, 2.05) is 0 Å². The van der Waals surface area contributed by atoms with Crippen LogP contribution in [0.15, 0.2) is 18.2 Å². The highest BCUT2D eigenvalue weighted by Crippen LogP contribution is 2.29. The molecule has 0 bridgehead atoms. The van der Waals surface area contributed by atoms with Gasteiger partial charge in [0.15, 0.2) is 0 Å². The summed E-state index contributed by atoms with van der Waals surface area (Å²) in [5.41, 5.74) is 0.594. The highest BCUT2D eigenvalue weighted by atomic mass is 16.5. The molecular formula is C11H15NO4. The first kappa shape index (κ1) is 12.2. The van der Waals surface area contributed by atoms with E-state index in [0.717, 1.165) is 0 Å². The van der Waals surface area contributed by atoms with Crippen LogP contribution >= 0.6 is 0 Å². The number of carbonyl (C=O) groups is 1. The molecule has 0 amide bonds. The first-order valence-corrected chi connectivity index (χ1v) is 4.80. The molecule has 5 heteroatoms. The molecule has 0 spiro atoms. The average molecular weight is 225 g/mol. The fraction of sp³-hybridized carbons (Fsp3) is 0.364. The predicted octanol–water partition coefficient (Wildman–Crippen LogP) is 1.59. The number of carboxylic acid groups (broad SMARTS) is 1. The third-order valence-electron chi connectivity index (χ3n) is 2.15. The summed E-state index contributed by atoms with van der Waals surface area (Å²) in [6.07, 6.45) is 0. The van der Waals surface area contributed by atoms with Crippen LogP contribution in [0.2, 0.25) is 0 Å². The zero-order valence-corrected chi connectivity index (χ0v) is 9.48. The van der Waals surface area contributed by atoms with Crippen LogP contribution in [-0.2, 0) is 4.79 Å². The van der Waals surface area contributed by atoms with Crippen LogP contribution in [0, 0.1) is 0 Å². The van der Waals surface area contributed by atoms with Crippen LogP contribution in [0.25, 0.3) is 0 Å². The van der Waals surface area contributed by atoms with E-state index in [4.69, 9.17) is 14.6 Å². The fourth-order valence-electron chi connectivity index (χ4n) is 1.22. The molecular weight excluding hydrogens is 210 g/mol. The number of ether oxygens (including phenoxy) is 2. The second-order valence-corrected chi connectivity index (χ2v) is 3.27. The van der Waals surface area contributed by atoms with Gasteiger partial charge in [-0.15, -0.1) is 0 Å². The van der Waals surface area contributed by atoms with E-state index in [-0.39, 0.29) is 0 Å². The van der Waals surface area contributed by atoms with Crippen molar-refractivity contribution in [2.24, 2.45) is 0 Å². The molecule has 88 valence electrons. The monoisotopic (exact) mass is 225 g/mol. The molecule has 0 aliphatic rings. The van der Waals surface area contributed by atoms with Gasteiger partial charge in [0.05, 0.1) is 19.9 Å². The Bertz CT molecular complexity index is 378. The van der Waals surface area contributed by atoms with Gasteiger partial charge in [-0.05, 0) is 19.1 Å². The van der Waals surface area contributed by atoms with Gasteiger partial charge in [-0.3, -0.25) is 4.79 Å². The Morgan fingerprint density at radius 2 is 2.06 bits per heavy atom. The molecule has 5 nitrogen and oxygen atoms in total. The third-order valence-corrected chi connectivity index (χ3v) is 2.15. The minimum atomic E-state index is -0.926. The summed E-state index contributed by atoms with van der Waals surface area (Å²) in [6.45, 7) is 1.56. The topological polar surface area (TPSA) is 67.8 Å². The van der Waals surface area contributed by atoms with Gasteiger partial charge in [0.2, 0.25) is 0 Å². The van der Waals surface area contributed by atoms with Gasteiger partial charge in [0, 0.05) is 6.07 Å². The Balaban J connectivity index is 2.95. The lowest BCUT2D eigenvalue weighted by molar-refractivity contribution is -0.137. The fourth-order valence-corrected chi connectivity index (χ4v) is 1.22. The molecule has 1 aromatic rings. The number of benzene rings is 1. The first-order chi connectivity index (χ1) is 7.58. The van der Waals surface area contributed by atoms with E-state index < -0.39 is 12.0 Å². The summed E-state index contributed by atoms with van der Waals surface area (Å²) < 4.78 is 10.2. The summed E-state index contributed by atoms with van der Waals surface area (Å²) in [5.74, 6) is 0.291. The number of hydrogen-bond acceptors (Lipinski definition) is 4. The predicted molar refractivity (Wildman–Crippen MR) is 60.3 cm³/mol. The van der Waals surface area contributed by atoms with Gasteiger partial charge in [-0.1, -0.05) is 0 Å². The Kier molecular flexibility index (Phi) is 3.99. The largest absolute Gasteiger partial charge is 0.497 e. The number of nitrogens with one attached hydrogen (secondary N) is 1. The maximum Gasteiger partial charge on any atom is 0.325 e. The van der Waals surface area contributed by atoms with E-state index in [2.05, 4.69) is 5.32 Å². The smallest absolute Gasteiger partial charge is 0.325 e. The summed E-state index contributed by atoms with van der Waals surface area (Å²) >= 11 is 0. The lowest BCUT2D eigenvalue weighted by atomic mass is 10.2. The van der Waals surface area contributed by atoms with Crippen molar-refractivity contribution in [1.82, 2.24) is 0 Å². The van der Waals surface area contributed by atoms with Crippen LogP contribution in [0.1, 0.15) is 6.92 Å². The number of methoxy groups -OCH3 is 2. The molecule has 1 aromatic carbocycles. The van der Waals surface area contributed by atoms with Crippen molar-refractivity contribution in [2.75, 3.05) is 19.5 Å². The maximum absolute atomic E-state index is 10.7. The van der Waals surface area contributed by atoms with Gasteiger partial charge in [0.25, 0.3) is 0 Å². The van der Waals surface area contributed by atoms with Crippen molar-refractivity contribution in [1.29, 1.82) is 0 Å². The molecule has 0 saturated carbocycles. The van der Waals surface area contributed by atoms with Crippen molar-refractivity contribution in [2.45, 2.75) is 13.0 Å². The number of rotatable bonds is 5. The molecule has 16 heavy (non-hydrogen) atoms. The van der Waals surface area contributed by atoms with Gasteiger partial charge in [-0.25, -0.2) is 0 Å². The van der Waals surface area contributed by atoms with Crippen molar-refractivity contribution < 1.29 is 19.4 Å².